The molecular formula is C21H28FN3O. The first-order chi connectivity index (χ1) is 12.5. The van der Waals surface area contributed by atoms with Crippen molar-refractivity contribution in [1.29, 1.82) is 0 Å². The molecule has 1 atom stereocenters. The summed E-state index contributed by atoms with van der Waals surface area (Å²) in [5, 5.41) is 2.97. The van der Waals surface area contributed by atoms with E-state index in [4.69, 9.17) is 0 Å². The monoisotopic (exact) mass is 357 g/mol. The maximum Gasteiger partial charge on any atom is 0.322 e. The largest absolute Gasteiger partial charge is 0.322 e. The van der Waals surface area contributed by atoms with Gasteiger partial charge in [-0.05, 0) is 62.4 Å². The third-order valence-electron chi connectivity index (χ3n) is 4.57. The third-order valence-corrected chi connectivity index (χ3v) is 4.57. The first-order valence-corrected chi connectivity index (χ1v) is 8.84. The number of carbonyl (C=O) groups is 1. The van der Waals surface area contributed by atoms with Crippen molar-refractivity contribution in [2.45, 2.75) is 39.2 Å². The summed E-state index contributed by atoms with van der Waals surface area (Å²) < 4.78 is 13.4. The molecule has 26 heavy (non-hydrogen) atoms. The highest BCUT2D eigenvalue weighted by molar-refractivity contribution is 5.90. The standard InChI is InChI=1S/C19H22FN3O.C2H4.H2/c1-13-6-7-17(10-18(13)15-9-16(20)12-21-11-15)22-19(24)23-8-4-3-5-14(23)2;1-2;/h6-7,9-12,14H,3-5,8H2,1-2H3,(H,22,24);1-2H2;1H. The van der Waals surface area contributed by atoms with Gasteiger partial charge in [0.1, 0.15) is 5.82 Å². The van der Waals surface area contributed by atoms with E-state index in [9.17, 15) is 9.18 Å². The number of piperidine rings is 1. The lowest BCUT2D eigenvalue weighted by Crippen LogP contribution is -2.44. The molecule has 1 aliphatic rings. The van der Waals surface area contributed by atoms with Crippen molar-refractivity contribution in [2.75, 3.05) is 11.9 Å². The zero-order valence-electron chi connectivity index (χ0n) is 15.5. The Hall–Kier alpha value is -2.69. The summed E-state index contributed by atoms with van der Waals surface area (Å²) in [7, 11) is 0. The Morgan fingerprint density at radius 1 is 1.31 bits per heavy atom. The van der Waals surface area contributed by atoms with Crippen LogP contribution in [0.1, 0.15) is 33.2 Å². The molecule has 3 rings (SSSR count). The molecule has 1 aliphatic heterocycles. The van der Waals surface area contributed by atoms with Crippen LogP contribution in [-0.4, -0.2) is 28.5 Å². The second-order valence-electron chi connectivity index (χ2n) is 6.39. The summed E-state index contributed by atoms with van der Waals surface area (Å²) in [6.45, 7) is 10.8. The molecule has 0 spiro atoms. The van der Waals surface area contributed by atoms with Crippen LogP contribution >= 0.6 is 0 Å². The molecule has 1 fully saturated rings. The van der Waals surface area contributed by atoms with Gasteiger partial charge in [-0.2, -0.15) is 0 Å². The molecule has 1 N–H and O–H groups in total. The molecule has 2 amide bonds. The molecule has 2 heterocycles. The van der Waals surface area contributed by atoms with Crippen molar-refractivity contribution < 1.29 is 10.6 Å². The minimum Gasteiger partial charge on any atom is -0.322 e. The number of hydrogen-bond donors (Lipinski definition) is 1. The van der Waals surface area contributed by atoms with Gasteiger partial charge in [0, 0.05) is 31.5 Å². The molecule has 0 saturated carbocycles. The Labute approximate surface area is 156 Å². The number of pyridine rings is 1. The Morgan fingerprint density at radius 3 is 2.77 bits per heavy atom. The number of nitrogens with zero attached hydrogens (tertiary/aromatic N) is 2. The van der Waals surface area contributed by atoms with Gasteiger partial charge in [-0.1, -0.05) is 6.07 Å². The fourth-order valence-electron chi connectivity index (χ4n) is 3.17. The molecule has 1 saturated heterocycles. The Balaban J connectivity index is 0.00000118. The average Bonchev–Trinajstić information content (AvgIpc) is 2.65. The lowest BCUT2D eigenvalue weighted by Gasteiger charge is -2.33. The number of hydrogen-bond acceptors (Lipinski definition) is 2. The van der Waals surface area contributed by atoms with Gasteiger partial charge in [0.15, 0.2) is 0 Å². The van der Waals surface area contributed by atoms with Crippen molar-refractivity contribution >= 4 is 11.7 Å². The first-order valence-electron chi connectivity index (χ1n) is 8.84. The zero-order chi connectivity index (χ0) is 19.1. The minimum absolute atomic E-state index is 0. The number of urea groups is 1. The van der Waals surface area contributed by atoms with Gasteiger partial charge >= 0.3 is 6.03 Å². The van der Waals surface area contributed by atoms with Gasteiger partial charge in [0.25, 0.3) is 0 Å². The highest BCUT2D eigenvalue weighted by atomic mass is 19.1. The Morgan fingerprint density at radius 2 is 2.08 bits per heavy atom. The highest BCUT2D eigenvalue weighted by Gasteiger charge is 2.23. The molecule has 0 radical (unpaired) electrons. The highest BCUT2D eigenvalue weighted by Crippen LogP contribution is 2.27. The zero-order valence-corrected chi connectivity index (χ0v) is 15.5. The van der Waals surface area contributed by atoms with Crippen LogP contribution in [-0.2, 0) is 0 Å². The molecular weight excluding hydrogens is 329 g/mol. The van der Waals surface area contributed by atoms with Gasteiger partial charge < -0.3 is 10.2 Å². The van der Waals surface area contributed by atoms with E-state index in [0.717, 1.165) is 30.5 Å². The summed E-state index contributed by atoms with van der Waals surface area (Å²) in [4.78, 5) is 18.3. The van der Waals surface area contributed by atoms with E-state index >= 15 is 0 Å². The van der Waals surface area contributed by atoms with Crippen LogP contribution in [0.25, 0.3) is 11.1 Å². The number of benzene rings is 1. The predicted octanol–water partition coefficient (Wildman–Crippen LogP) is 5.65. The van der Waals surface area contributed by atoms with Crippen molar-refractivity contribution in [3.05, 3.63) is 61.2 Å². The number of carbonyl (C=O) groups excluding carboxylic acids is 1. The van der Waals surface area contributed by atoms with Crippen LogP contribution in [0.5, 0.6) is 0 Å². The lowest BCUT2D eigenvalue weighted by molar-refractivity contribution is 0.170. The van der Waals surface area contributed by atoms with E-state index < -0.39 is 0 Å². The topological polar surface area (TPSA) is 45.2 Å². The number of amides is 2. The van der Waals surface area contributed by atoms with Crippen molar-refractivity contribution in [2.24, 2.45) is 0 Å². The van der Waals surface area contributed by atoms with E-state index in [2.05, 4.69) is 30.4 Å². The van der Waals surface area contributed by atoms with Gasteiger partial charge in [0.05, 0.1) is 6.20 Å². The van der Waals surface area contributed by atoms with Crippen molar-refractivity contribution in [3.63, 3.8) is 0 Å². The molecule has 1 aromatic heterocycles. The third kappa shape index (κ3) is 4.69. The van der Waals surface area contributed by atoms with Crippen LogP contribution in [0.15, 0.2) is 49.8 Å². The van der Waals surface area contributed by atoms with Crippen molar-refractivity contribution in [3.8, 4) is 11.1 Å². The van der Waals surface area contributed by atoms with Crippen LogP contribution in [0, 0.1) is 12.7 Å². The van der Waals surface area contributed by atoms with E-state index in [0.29, 0.717) is 11.3 Å². The molecule has 1 aromatic carbocycles. The lowest BCUT2D eigenvalue weighted by atomic mass is 10.0. The summed E-state index contributed by atoms with van der Waals surface area (Å²) in [6.07, 6.45) is 6.07. The number of aryl methyl sites for hydroxylation is 1. The van der Waals surface area contributed by atoms with Crippen LogP contribution in [0.3, 0.4) is 0 Å². The number of likely N-dealkylation sites (tertiary alicyclic amines) is 1. The Kier molecular flexibility index (Phi) is 6.89. The molecule has 0 bridgehead atoms. The number of aromatic nitrogens is 1. The summed E-state index contributed by atoms with van der Waals surface area (Å²) in [5.41, 5.74) is 3.29. The first kappa shape index (κ1) is 19.6. The number of rotatable bonds is 2. The second-order valence-corrected chi connectivity index (χ2v) is 6.39. The predicted molar refractivity (Wildman–Crippen MR) is 107 cm³/mol. The van der Waals surface area contributed by atoms with E-state index in [1.807, 2.05) is 30.0 Å². The fraction of sp³-hybridized carbons (Fsp3) is 0.333. The van der Waals surface area contributed by atoms with Crippen LogP contribution in [0.2, 0.25) is 0 Å². The van der Waals surface area contributed by atoms with Crippen LogP contribution in [0.4, 0.5) is 14.9 Å². The Bertz CT molecular complexity index is 769. The molecule has 140 valence electrons. The fourth-order valence-corrected chi connectivity index (χ4v) is 3.17. The van der Waals surface area contributed by atoms with Crippen molar-refractivity contribution in [1.82, 2.24) is 9.88 Å². The van der Waals surface area contributed by atoms with Gasteiger partial charge in [-0.15, -0.1) is 13.2 Å². The average molecular weight is 357 g/mol. The smallest absolute Gasteiger partial charge is 0.322 e. The number of anilines is 1. The van der Waals surface area contributed by atoms with E-state index in [-0.39, 0.29) is 19.3 Å². The quantitative estimate of drug-likeness (QED) is 0.706. The number of halogens is 1. The molecule has 2 aromatic rings. The summed E-state index contributed by atoms with van der Waals surface area (Å²) in [5.74, 6) is -0.372. The second kappa shape index (κ2) is 9.13. The number of nitrogens with one attached hydrogen (secondary N) is 1. The molecule has 5 heteroatoms. The van der Waals surface area contributed by atoms with Crippen LogP contribution < -0.4 is 5.32 Å². The van der Waals surface area contributed by atoms with E-state index in [1.54, 1.807) is 6.20 Å². The SMILES string of the molecule is C=C.Cc1ccc(NC(=O)N2CCCCC2C)cc1-c1cncc(F)c1.[HH]. The molecule has 1 unspecified atom stereocenters. The summed E-state index contributed by atoms with van der Waals surface area (Å²) >= 11 is 0. The van der Waals surface area contributed by atoms with Gasteiger partial charge in [0.2, 0.25) is 0 Å². The van der Waals surface area contributed by atoms with E-state index in [1.165, 1.54) is 18.7 Å². The summed E-state index contributed by atoms with van der Waals surface area (Å²) in [6, 6.07) is 7.31. The molecule has 0 aliphatic carbocycles. The van der Waals surface area contributed by atoms with Gasteiger partial charge in [-0.25, -0.2) is 9.18 Å². The van der Waals surface area contributed by atoms with Gasteiger partial charge in [-0.3, -0.25) is 4.98 Å². The molecule has 4 nitrogen and oxygen atoms in total. The maximum atomic E-state index is 13.4. The maximum absolute atomic E-state index is 13.4. The normalized spacial score (nSPS) is 16.4. The minimum atomic E-state index is -0.372.